The zero-order valence-electron chi connectivity index (χ0n) is 13.6. The Hall–Kier alpha value is -1.38. The second-order valence-electron chi connectivity index (χ2n) is 5.94. The Morgan fingerprint density at radius 1 is 1.20 bits per heavy atom. The van der Waals surface area contributed by atoms with Crippen LogP contribution >= 0.6 is 31.9 Å². The van der Waals surface area contributed by atoms with E-state index in [1.54, 1.807) is 41.3 Å². The predicted octanol–water partition coefficient (Wildman–Crippen LogP) is 4.31. The largest absolute Gasteiger partial charge is 0.309 e. The lowest BCUT2D eigenvalue weighted by Gasteiger charge is -2.21. The standard InChI is InChI=1S/C17H16Br2N2O3S/c1-10-7-12-8-14(19)17(9-16(12)21(10)11(2)22)25(23,24)20-15-6-4-3-5-13(15)18/h3-6,8-10,20H,7H2,1-2H3/t10-/m0/s1. The third kappa shape index (κ3) is 3.47. The summed E-state index contributed by atoms with van der Waals surface area (Å²) in [5.41, 5.74) is 2.05. The molecule has 25 heavy (non-hydrogen) atoms. The van der Waals surface area contributed by atoms with Gasteiger partial charge in [-0.3, -0.25) is 9.52 Å². The normalized spacial score (nSPS) is 16.6. The van der Waals surface area contributed by atoms with Gasteiger partial charge in [-0.25, -0.2) is 8.42 Å². The number of carbonyl (C=O) groups excluding carboxylic acids is 1. The van der Waals surface area contributed by atoms with Gasteiger partial charge in [-0.1, -0.05) is 12.1 Å². The van der Waals surface area contributed by atoms with E-state index >= 15 is 0 Å². The molecule has 1 heterocycles. The van der Waals surface area contributed by atoms with Crippen molar-refractivity contribution in [2.45, 2.75) is 31.2 Å². The molecule has 1 atom stereocenters. The lowest BCUT2D eigenvalue weighted by atomic mass is 10.1. The van der Waals surface area contributed by atoms with Crippen LogP contribution in [0.15, 0.2) is 50.2 Å². The third-order valence-electron chi connectivity index (χ3n) is 4.10. The number of rotatable bonds is 3. The molecule has 0 aliphatic carbocycles. The average Bonchev–Trinajstić information content (AvgIpc) is 2.83. The van der Waals surface area contributed by atoms with Crippen LogP contribution in [-0.4, -0.2) is 20.4 Å². The Kier molecular flexibility index (Phi) is 4.96. The summed E-state index contributed by atoms with van der Waals surface area (Å²) in [5.74, 6) is -0.101. The number of nitrogens with one attached hydrogen (secondary N) is 1. The van der Waals surface area contributed by atoms with Gasteiger partial charge in [-0.15, -0.1) is 0 Å². The molecular formula is C17H16Br2N2O3S. The Bertz CT molecular complexity index is 960. The zero-order chi connectivity index (χ0) is 18.4. The highest BCUT2D eigenvalue weighted by molar-refractivity contribution is 9.11. The molecule has 1 aliphatic heterocycles. The predicted molar refractivity (Wildman–Crippen MR) is 105 cm³/mol. The topological polar surface area (TPSA) is 66.5 Å². The van der Waals surface area contributed by atoms with Gasteiger partial charge in [0.2, 0.25) is 5.91 Å². The van der Waals surface area contributed by atoms with E-state index in [-0.39, 0.29) is 16.8 Å². The Morgan fingerprint density at radius 2 is 1.88 bits per heavy atom. The van der Waals surface area contributed by atoms with Gasteiger partial charge in [0.25, 0.3) is 10.0 Å². The molecule has 1 aliphatic rings. The average molecular weight is 488 g/mol. The van der Waals surface area contributed by atoms with Gasteiger partial charge >= 0.3 is 0 Å². The van der Waals surface area contributed by atoms with Crippen LogP contribution in [0.3, 0.4) is 0 Å². The van der Waals surface area contributed by atoms with Crippen LogP contribution in [-0.2, 0) is 21.2 Å². The highest BCUT2D eigenvalue weighted by atomic mass is 79.9. The van der Waals surface area contributed by atoms with Crippen molar-refractivity contribution < 1.29 is 13.2 Å². The van der Waals surface area contributed by atoms with E-state index in [4.69, 9.17) is 0 Å². The zero-order valence-corrected chi connectivity index (χ0v) is 17.6. The van der Waals surface area contributed by atoms with Crippen molar-refractivity contribution in [1.82, 2.24) is 0 Å². The van der Waals surface area contributed by atoms with Crippen molar-refractivity contribution >= 4 is 59.2 Å². The molecule has 1 N–H and O–H groups in total. The van der Waals surface area contributed by atoms with Gasteiger partial charge in [-0.2, -0.15) is 0 Å². The number of fused-ring (bicyclic) bond motifs is 1. The van der Waals surface area contributed by atoms with Crippen LogP contribution in [0, 0.1) is 0 Å². The van der Waals surface area contributed by atoms with Crippen molar-refractivity contribution in [3.63, 3.8) is 0 Å². The van der Waals surface area contributed by atoms with Crippen LogP contribution < -0.4 is 9.62 Å². The molecule has 5 nitrogen and oxygen atoms in total. The summed E-state index contributed by atoms with van der Waals surface area (Å²) < 4.78 is 29.4. The number of anilines is 2. The molecule has 2 aromatic carbocycles. The van der Waals surface area contributed by atoms with Crippen molar-refractivity contribution in [3.8, 4) is 0 Å². The minimum atomic E-state index is -3.82. The molecule has 0 aromatic heterocycles. The first-order chi connectivity index (χ1) is 11.7. The maximum atomic E-state index is 12.9. The van der Waals surface area contributed by atoms with E-state index in [0.29, 0.717) is 26.7 Å². The lowest BCUT2D eigenvalue weighted by molar-refractivity contribution is -0.116. The van der Waals surface area contributed by atoms with E-state index < -0.39 is 10.0 Å². The van der Waals surface area contributed by atoms with Crippen LogP contribution in [0.2, 0.25) is 0 Å². The summed E-state index contributed by atoms with van der Waals surface area (Å²) >= 11 is 6.69. The molecular weight excluding hydrogens is 472 g/mol. The quantitative estimate of drug-likeness (QED) is 0.701. The van der Waals surface area contributed by atoms with Gasteiger partial charge in [-0.05, 0) is 75.0 Å². The maximum Gasteiger partial charge on any atom is 0.263 e. The molecule has 1 amide bonds. The summed E-state index contributed by atoms with van der Waals surface area (Å²) in [6.07, 6.45) is 0.700. The fraction of sp³-hybridized carbons (Fsp3) is 0.235. The highest BCUT2D eigenvalue weighted by Gasteiger charge is 2.32. The first-order valence-electron chi connectivity index (χ1n) is 7.60. The maximum absolute atomic E-state index is 12.9. The van der Waals surface area contributed by atoms with E-state index in [2.05, 4.69) is 36.6 Å². The second-order valence-corrected chi connectivity index (χ2v) is 9.30. The van der Waals surface area contributed by atoms with Crippen molar-refractivity contribution in [2.24, 2.45) is 0 Å². The number of nitrogens with zero attached hydrogens (tertiary/aromatic N) is 1. The molecule has 0 unspecified atom stereocenters. The van der Waals surface area contributed by atoms with E-state index in [0.717, 1.165) is 5.56 Å². The second kappa shape index (κ2) is 6.74. The number of hydrogen-bond donors (Lipinski definition) is 1. The highest BCUT2D eigenvalue weighted by Crippen LogP contribution is 2.38. The third-order valence-corrected chi connectivity index (χ3v) is 7.11. The van der Waals surface area contributed by atoms with E-state index in [1.165, 1.54) is 6.92 Å². The molecule has 8 heteroatoms. The fourth-order valence-corrected chi connectivity index (χ4v) is 5.75. The molecule has 0 spiro atoms. The molecule has 3 rings (SSSR count). The summed E-state index contributed by atoms with van der Waals surface area (Å²) in [6, 6.07) is 10.3. The van der Waals surface area contributed by atoms with Crippen LogP contribution in [0.25, 0.3) is 0 Å². The summed E-state index contributed by atoms with van der Waals surface area (Å²) in [5, 5.41) is 0. The van der Waals surface area contributed by atoms with E-state index in [1.807, 2.05) is 6.92 Å². The van der Waals surface area contributed by atoms with E-state index in [9.17, 15) is 13.2 Å². The fourth-order valence-electron chi connectivity index (χ4n) is 3.05. The monoisotopic (exact) mass is 486 g/mol. The minimum absolute atomic E-state index is 0.00795. The number of hydrogen-bond acceptors (Lipinski definition) is 3. The van der Waals surface area contributed by atoms with Crippen molar-refractivity contribution in [1.29, 1.82) is 0 Å². The number of benzene rings is 2. The van der Waals surface area contributed by atoms with Gasteiger partial charge < -0.3 is 4.90 Å². The summed E-state index contributed by atoms with van der Waals surface area (Å²) in [4.78, 5) is 13.7. The first kappa shape index (κ1) is 18.4. The van der Waals surface area contributed by atoms with Crippen molar-refractivity contribution in [2.75, 3.05) is 9.62 Å². The minimum Gasteiger partial charge on any atom is -0.309 e. The first-order valence-corrected chi connectivity index (χ1v) is 10.7. The molecule has 0 saturated heterocycles. The van der Waals surface area contributed by atoms with Gasteiger partial charge in [0.05, 0.1) is 5.69 Å². The van der Waals surface area contributed by atoms with Gasteiger partial charge in [0.1, 0.15) is 4.90 Å². The lowest BCUT2D eigenvalue weighted by Crippen LogP contribution is -2.33. The SMILES string of the molecule is CC(=O)N1c2cc(S(=O)(=O)Nc3ccccc3Br)c(Br)cc2C[C@@H]1C. The molecule has 2 aromatic rings. The Balaban J connectivity index is 2.06. The number of sulfonamides is 1. The van der Waals surface area contributed by atoms with Gasteiger partial charge in [0.15, 0.2) is 0 Å². The molecule has 0 saturated carbocycles. The summed E-state index contributed by atoms with van der Waals surface area (Å²) in [7, 11) is -3.82. The van der Waals surface area contributed by atoms with Crippen LogP contribution in [0.1, 0.15) is 19.4 Å². The number of halogens is 2. The number of para-hydroxylation sites is 1. The van der Waals surface area contributed by atoms with Crippen LogP contribution in [0.4, 0.5) is 11.4 Å². The molecule has 132 valence electrons. The number of amides is 1. The Labute approximate surface area is 163 Å². The van der Waals surface area contributed by atoms with Crippen molar-refractivity contribution in [3.05, 3.63) is 50.9 Å². The van der Waals surface area contributed by atoms with Crippen LogP contribution in [0.5, 0.6) is 0 Å². The number of carbonyl (C=O) groups is 1. The smallest absolute Gasteiger partial charge is 0.263 e. The Morgan fingerprint density at radius 3 is 2.52 bits per heavy atom. The molecule has 0 fully saturated rings. The van der Waals surface area contributed by atoms with Gasteiger partial charge in [0, 0.05) is 27.6 Å². The molecule has 0 bridgehead atoms. The summed E-state index contributed by atoms with van der Waals surface area (Å²) in [6.45, 7) is 3.43. The molecule has 0 radical (unpaired) electrons.